The number of carbonyl (C=O) groups is 1. The quantitative estimate of drug-likeness (QED) is 0.135. The summed E-state index contributed by atoms with van der Waals surface area (Å²) in [6, 6.07) is 11.8. The number of aromatic carboxylic acids is 1. The number of rotatable bonds is 11. The first-order valence-electron chi connectivity index (χ1n) is 19.6. The summed E-state index contributed by atoms with van der Waals surface area (Å²) in [6.45, 7) is 12.2. The van der Waals surface area contributed by atoms with Crippen LogP contribution in [0.25, 0.3) is 21.3 Å². The number of ether oxygens (including phenoxy) is 1. The molecular formula is C42H51N9O3S. The smallest absolute Gasteiger partial charge is 0.355 e. The molecule has 4 fully saturated rings. The minimum absolute atomic E-state index is 0.00847. The van der Waals surface area contributed by atoms with Crippen molar-refractivity contribution < 1.29 is 14.6 Å². The lowest BCUT2D eigenvalue weighted by Gasteiger charge is -2.69. The van der Waals surface area contributed by atoms with E-state index in [1.165, 1.54) is 19.3 Å². The second kappa shape index (κ2) is 13.1. The average molecular weight is 762 g/mol. The van der Waals surface area contributed by atoms with Crippen LogP contribution in [-0.4, -0.2) is 85.3 Å². The number of benzene rings is 1. The van der Waals surface area contributed by atoms with E-state index in [-0.39, 0.29) is 27.5 Å². The number of aromatic nitrogens is 6. The lowest BCUT2D eigenvalue weighted by Crippen LogP contribution is -2.64. The van der Waals surface area contributed by atoms with E-state index in [0.717, 1.165) is 89.5 Å². The lowest BCUT2D eigenvalue weighted by atomic mass is 9.39. The number of pyridine rings is 1. The molecule has 0 amide bonds. The number of hydrogen-bond donors (Lipinski definition) is 2. The summed E-state index contributed by atoms with van der Waals surface area (Å²) in [5.41, 5.74) is 5.82. The Labute approximate surface area is 326 Å². The van der Waals surface area contributed by atoms with E-state index in [0.29, 0.717) is 29.6 Å². The number of nitrogens with zero attached hydrogens (tertiary/aromatic N) is 8. The van der Waals surface area contributed by atoms with Crippen LogP contribution < -0.4 is 10.2 Å². The fraction of sp³-hybridized carbons (Fsp3) is 0.524. The number of para-hydroxylation sites is 1. The third kappa shape index (κ3) is 6.47. The van der Waals surface area contributed by atoms with Gasteiger partial charge in [0.15, 0.2) is 22.5 Å². The van der Waals surface area contributed by atoms with Gasteiger partial charge in [-0.05, 0) is 120 Å². The zero-order chi connectivity index (χ0) is 38.3. The van der Waals surface area contributed by atoms with E-state index in [4.69, 9.17) is 19.8 Å². The summed E-state index contributed by atoms with van der Waals surface area (Å²) in [6.07, 6.45) is 10.4. The number of carboxylic acids is 1. The largest absolute Gasteiger partial charge is 0.476 e. The number of thiazole rings is 1. The number of likely N-dealkylation sites (N-methyl/N-ethyl adjacent to an activating group) is 1. The van der Waals surface area contributed by atoms with Crippen LogP contribution in [0.5, 0.6) is 0 Å². The highest BCUT2D eigenvalue weighted by Crippen LogP contribution is 2.72. The molecule has 4 aliphatic carbocycles. The summed E-state index contributed by atoms with van der Waals surface area (Å²) in [5, 5.41) is 28.9. The maximum Gasteiger partial charge on any atom is 0.355 e. The third-order valence-electron chi connectivity index (χ3n) is 12.7. The molecule has 4 atom stereocenters. The Morgan fingerprint density at radius 2 is 1.76 bits per heavy atom. The van der Waals surface area contributed by atoms with Crippen LogP contribution in [0.2, 0.25) is 0 Å². The zero-order valence-electron chi connectivity index (χ0n) is 32.8. The number of carboxylic acid groups (broad SMARTS) is 1. The molecule has 0 radical (unpaired) electrons. The number of anilines is 4. The average Bonchev–Trinajstić information content (AvgIpc) is 3.69. The Hall–Kier alpha value is -4.46. The van der Waals surface area contributed by atoms with E-state index in [2.05, 4.69) is 73.0 Å². The SMILES string of the molecule is Cc1c(Nc2nc3ccccc3s2)nnc2c1CCCN2c1ccc(-c2cnn(CC34CC5(OCCN(C)C)C[C@](C)(C3)C[C@](C)(C4)C5)c2C)c(C(=O)O)n1. The van der Waals surface area contributed by atoms with Gasteiger partial charge in [-0.25, -0.2) is 14.8 Å². The van der Waals surface area contributed by atoms with E-state index < -0.39 is 5.97 Å². The highest BCUT2D eigenvalue weighted by atomic mass is 32.1. The predicted octanol–water partition coefficient (Wildman–Crippen LogP) is 8.19. The fourth-order valence-corrected chi connectivity index (χ4v) is 12.6. The molecule has 55 heavy (non-hydrogen) atoms. The fourth-order valence-electron chi connectivity index (χ4n) is 11.7. The van der Waals surface area contributed by atoms with E-state index in [1.54, 1.807) is 11.3 Å². The minimum Gasteiger partial charge on any atom is -0.476 e. The molecule has 1 aliphatic heterocycles. The predicted molar refractivity (Wildman–Crippen MR) is 216 cm³/mol. The van der Waals surface area contributed by atoms with Gasteiger partial charge in [0.25, 0.3) is 0 Å². The number of hydrogen-bond acceptors (Lipinski definition) is 11. The molecule has 12 nitrogen and oxygen atoms in total. The van der Waals surface area contributed by atoms with E-state index >= 15 is 0 Å². The van der Waals surface area contributed by atoms with Crippen molar-refractivity contribution >= 4 is 50.1 Å². The molecule has 4 aromatic heterocycles. The van der Waals surface area contributed by atoms with Gasteiger partial charge in [0.1, 0.15) is 5.82 Å². The summed E-state index contributed by atoms with van der Waals surface area (Å²) >= 11 is 1.58. The van der Waals surface area contributed by atoms with Crippen molar-refractivity contribution in [2.45, 2.75) is 91.2 Å². The van der Waals surface area contributed by atoms with Gasteiger partial charge in [0.05, 0.1) is 28.6 Å². The van der Waals surface area contributed by atoms with E-state index in [1.807, 2.05) is 41.4 Å². The van der Waals surface area contributed by atoms with Gasteiger partial charge >= 0.3 is 5.97 Å². The molecule has 0 spiro atoms. The van der Waals surface area contributed by atoms with Gasteiger partial charge in [-0.15, -0.1) is 10.2 Å². The van der Waals surface area contributed by atoms with Crippen molar-refractivity contribution in [3.63, 3.8) is 0 Å². The van der Waals surface area contributed by atoms with Gasteiger partial charge in [-0.3, -0.25) is 4.68 Å². The number of nitrogens with one attached hydrogen (secondary N) is 1. The molecule has 288 valence electrons. The molecule has 10 rings (SSSR count). The Morgan fingerprint density at radius 1 is 0.982 bits per heavy atom. The maximum atomic E-state index is 12.9. The van der Waals surface area contributed by atoms with Gasteiger partial charge in [0, 0.05) is 47.6 Å². The summed E-state index contributed by atoms with van der Waals surface area (Å²) < 4.78 is 10.1. The van der Waals surface area contributed by atoms with Gasteiger partial charge < -0.3 is 25.0 Å². The molecule has 13 heteroatoms. The molecule has 0 saturated heterocycles. The Kier molecular flexibility index (Phi) is 8.59. The molecule has 4 saturated carbocycles. The van der Waals surface area contributed by atoms with Crippen LogP contribution in [0, 0.1) is 30.1 Å². The van der Waals surface area contributed by atoms with Crippen LogP contribution in [0.15, 0.2) is 42.6 Å². The summed E-state index contributed by atoms with van der Waals surface area (Å²) in [4.78, 5) is 26.6. The van der Waals surface area contributed by atoms with Crippen LogP contribution in [0.3, 0.4) is 0 Å². The summed E-state index contributed by atoms with van der Waals surface area (Å²) in [5.74, 6) is 0.853. The van der Waals surface area contributed by atoms with Gasteiger partial charge in [0.2, 0.25) is 0 Å². The second-order valence-corrected chi connectivity index (χ2v) is 19.1. The Balaban J connectivity index is 0.985. The van der Waals surface area contributed by atoms with Crippen LogP contribution >= 0.6 is 11.3 Å². The number of fused-ring (bicyclic) bond motifs is 2. The Bertz CT molecular complexity index is 2270. The van der Waals surface area contributed by atoms with Crippen molar-refractivity contribution in [3.8, 4) is 11.1 Å². The molecule has 5 heterocycles. The minimum atomic E-state index is -1.07. The maximum absolute atomic E-state index is 12.9. The molecule has 2 N–H and O–H groups in total. The van der Waals surface area contributed by atoms with Crippen molar-refractivity contribution in [2.75, 3.05) is 44.0 Å². The van der Waals surface area contributed by atoms with E-state index in [9.17, 15) is 9.90 Å². The highest BCUT2D eigenvalue weighted by molar-refractivity contribution is 7.22. The topological polar surface area (TPSA) is 134 Å². The molecule has 1 aromatic carbocycles. The first kappa shape index (κ1) is 36.2. The van der Waals surface area contributed by atoms with Crippen molar-refractivity contribution in [1.29, 1.82) is 0 Å². The Morgan fingerprint density at radius 3 is 2.51 bits per heavy atom. The molecule has 5 aliphatic rings. The monoisotopic (exact) mass is 761 g/mol. The van der Waals surface area contributed by atoms with Gasteiger partial charge in [-0.1, -0.05) is 37.3 Å². The molecule has 2 unspecified atom stereocenters. The first-order valence-corrected chi connectivity index (χ1v) is 20.4. The molecular weight excluding hydrogens is 711 g/mol. The zero-order valence-corrected chi connectivity index (χ0v) is 33.6. The summed E-state index contributed by atoms with van der Waals surface area (Å²) in [7, 11) is 4.21. The second-order valence-electron chi connectivity index (χ2n) is 18.0. The molecule has 5 aromatic rings. The highest BCUT2D eigenvalue weighted by Gasteiger charge is 2.66. The van der Waals surface area contributed by atoms with Crippen LogP contribution in [-0.2, 0) is 17.7 Å². The third-order valence-corrected chi connectivity index (χ3v) is 13.7. The van der Waals surface area contributed by atoms with Crippen molar-refractivity contribution in [3.05, 3.63) is 65.1 Å². The van der Waals surface area contributed by atoms with Crippen molar-refractivity contribution in [1.82, 2.24) is 34.8 Å². The normalized spacial score (nSPS) is 26.9. The van der Waals surface area contributed by atoms with Crippen LogP contribution in [0.1, 0.15) is 86.1 Å². The molecule has 4 bridgehead atoms. The van der Waals surface area contributed by atoms with Crippen LogP contribution in [0.4, 0.5) is 22.6 Å². The van der Waals surface area contributed by atoms with Crippen molar-refractivity contribution in [2.24, 2.45) is 16.2 Å². The van der Waals surface area contributed by atoms with Gasteiger partial charge in [-0.2, -0.15) is 5.10 Å². The first-order chi connectivity index (χ1) is 26.2. The standard InChI is InChI=1S/C42H51N9O3S/c1-26-28-10-9-15-50(36(28)48-47-35(26)46-38-44-31-11-7-8-12-32(31)55-38)33-14-13-29(34(45-33)37(52)53)30-18-43-51(27(30)2)25-41-20-39(3)19-40(4,21-41)23-42(22-39,24-41)54-17-16-49(5)6/h7-8,11-14,18H,9-10,15-17,19-25H2,1-6H3,(H,52,53)(H,44,46,47)/t39-,40+,41?,42?. The lowest BCUT2D eigenvalue weighted by molar-refractivity contribution is -0.248.